The lowest BCUT2D eigenvalue weighted by atomic mass is 9.54. The van der Waals surface area contributed by atoms with Crippen molar-refractivity contribution in [3.63, 3.8) is 0 Å². The molecule has 250 valence electrons. The molecule has 7 fully saturated rings. The molecule has 44 heavy (non-hydrogen) atoms. The van der Waals surface area contributed by atoms with E-state index in [-0.39, 0.29) is 43.1 Å². The zero-order valence-electron chi connectivity index (χ0n) is 26.9. The summed E-state index contributed by atoms with van der Waals surface area (Å²) < 4.78 is 12.0. The maximum Gasteiger partial charge on any atom is 0.237 e. The minimum Gasteiger partial charge on any atom is -0.390 e. The van der Waals surface area contributed by atoms with Gasteiger partial charge in [-0.2, -0.15) is 0 Å². The number of aliphatic hydroxyl groups excluding tert-OH is 1. The van der Waals surface area contributed by atoms with E-state index < -0.39 is 6.10 Å². The second-order valence-electron chi connectivity index (χ2n) is 15.5. The number of nitrogens with one attached hydrogen (secondary N) is 6. The monoisotopic (exact) mass is 617 g/mol. The van der Waals surface area contributed by atoms with Gasteiger partial charge in [-0.25, -0.2) is 0 Å². The summed E-state index contributed by atoms with van der Waals surface area (Å²) in [7, 11) is 0. The minimum atomic E-state index is -0.593. The van der Waals surface area contributed by atoms with E-state index in [2.05, 4.69) is 43.7 Å². The van der Waals surface area contributed by atoms with Crippen molar-refractivity contribution in [3.8, 4) is 0 Å². The van der Waals surface area contributed by atoms with Crippen LogP contribution in [0.5, 0.6) is 0 Å². The lowest BCUT2D eigenvalue weighted by molar-refractivity contribution is -0.126. The number of piperidine rings is 2. The molecule has 4 saturated heterocycles. The van der Waals surface area contributed by atoms with Gasteiger partial charge in [0.25, 0.3) is 0 Å². The number of fused-ring (bicyclic) bond motifs is 1. The van der Waals surface area contributed by atoms with Gasteiger partial charge in [0.15, 0.2) is 0 Å². The van der Waals surface area contributed by atoms with Crippen LogP contribution in [0.3, 0.4) is 0 Å². The molecule has 0 aromatic heterocycles. The van der Waals surface area contributed by atoms with Crippen molar-refractivity contribution < 1.29 is 19.4 Å². The maximum atomic E-state index is 13.5. The Labute approximate surface area is 264 Å². The van der Waals surface area contributed by atoms with E-state index in [0.29, 0.717) is 55.2 Å². The Bertz CT molecular complexity index is 956. The van der Waals surface area contributed by atoms with Crippen molar-refractivity contribution >= 4 is 5.91 Å². The number of hydrogen-bond acceptors (Lipinski definition) is 10. The van der Waals surface area contributed by atoms with Gasteiger partial charge < -0.3 is 25.2 Å². The van der Waals surface area contributed by atoms with Gasteiger partial charge in [-0.05, 0) is 94.9 Å². The maximum absolute atomic E-state index is 13.5. The van der Waals surface area contributed by atoms with E-state index in [0.717, 1.165) is 45.3 Å². The fourth-order valence-corrected chi connectivity index (χ4v) is 9.42. The quantitative estimate of drug-likeness (QED) is 0.190. The topological polar surface area (TPSA) is 131 Å². The number of nitrogens with zero attached hydrogens (tertiary/aromatic N) is 1. The molecule has 1 amide bonds. The van der Waals surface area contributed by atoms with Gasteiger partial charge in [-0.1, -0.05) is 12.8 Å². The molecule has 10 atom stereocenters. The largest absolute Gasteiger partial charge is 0.390 e. The Morgan fingerprint density at radius 1 is 1.05 bits per heavy atom. The first-order valence-electron chi connectivity index (χ1n) is 18.1. The van der Waals surface area contributed by atoms with Crippen LogP contribution in [0.4, 0.5) is 0 Å². The fourth-order valence-electron chi connectivity index (χ4n) is 9.42. The van der Waals surface area contributed by atoms with Crippen molar-refractivity contribution in [1.29, 1.82) is 0 Å². The third-order valence-electron chi connectivity index (χ3n) is 12.5. The summed E-state index contributed by atoms with van der Waals surface area (Å²) in [5, 5.41) is 32.5. The molecule has 11 nitrogen and oxygen atoms in total. The molecule has 7 aliphatic rings. The molecule has 11 heteroatoms. The zero-order valence-corrected chi connectivity index (χ0v) is 26.9. The predicted octanol–water partition coefficient (Wildman–Crippen LogP) is 0.931. The first kappa shape index (κ1) is 31.7. The highest BCUT2D eigenvalue weighted by Gasteiger charge is 2.49. The molecular formula is C33H59N7O4. The van der Waals surface area contributed by atoms with Crippen molar-refractivity contribution in [1.82, 2.24) is 36.8 Å². The lowest BCUT2D eigenvalue weighted by Crippen LogP contribution is -2.72. The molecule has 1 spiro atoms. The van der Waals surface area contributed by atoms with Crippen LogP contribution >= 0.6 is 0 Å². The summed E-state index contributed by atoms with van der Waals surface area (Å²) in [6.45, 7) is 6.74. The van der Waals surface area contributed by atoms with Gasteiger partial charge in [-0.3, -0.25) is 31.0 Å². The second kappa shape index (κ2) is 14.1. The zero-order chi connectivity index (χ0) is 30.1. The van der Waals surface area contributed by atoms with E-state index in [4.69, 9.17) is 9.47 Å². The molecule has 7 rings (SSSR count). The molecule has 4 heterocycles. The van der Waals surface area contributed by atoms with E-state index >= 15 is 0 Å². The van der Waals surface area contributed by atoms with Crippen molar-refractivity contribution in [2.24, 2.45) is 17.3 Å². The van der Waals surface area contributed by atoms with Crippen LogP contribution in [0.2, 0.25) is 0 Å². The summed E-state index contributed by atoms with van der Waals surface area (Å²) >= 11 is 0. The summed E-state index contributed by atoms with van der Waals surface area (Å²) in [5.41, 5.74) is 0.630. The minimum absolute atomic E-state index is 0.00164. The van der Waals surface area contributed by atoms with E-state index in [1.165, 1.54) is 51.4 Å². The molecule has 7 N–H and O–H groups in total. The smallest absolute Gasteiger partial charge is 0.237 e. The molecular weight excluding hydrogens is 558 g/mol. The standard InChI is InChI=1S/C33H59N7O4/c1-21-29(44-20-36-21)19-43-25-7-6-22-13-26(34-17-23(22)12-25)28(41)18-35-31(42)27-14-30(37-24-15-33(16-24)8-5-9-33)39-32(38-27)40-10-3-2-4-11-40/h21-30,32,34,36-39,41H,2-20H2,1H3,(H,35,42)/t21?,22?,23?,25?,26-,27?,28+,29?,30?,32?/m0/s1. The number of aliphatic hydroxyl groups is 1. The van der Waals surface area contributed by atoms with Crippen LogP contribution in [0.15, 0.2) is 0 Å². The molecule has 3 aliphatic carbocycles. The van der Waals surface area contributed by atoms with Gasteiger partial charge >= 0.3 is 0 Å². The van der Waals surface area contributed by atoms with Gasteiger partial charge in [-0.15, -0.1) is 0 Å². The van der Waals surface area contributed by atoms with Crippen molar-refractivity contribution in [2.75, 3.05) is 39.5 Å². The van der Waals surface area contributed by atoms with Crippen molar-refractivity contribution in [2.45, 2.75) is 145 Å². The number of carbonyl (C=O) groups excluding carboxylic acids is 1. The van der Waals surface area contributed by atoms with Gasteiger partial charge in [0, 0.05) is 44.2 Å². The first-order chi connectivity index (χ1) is 21.4. The summed E-state index contributed by atoms with van der Waals surface area (Å²) in [4.78, 5) is 16.0. The van der Waals surface area contributed by atoms with Gasteiger partial charge in [0.1, 0.15) is 6.29 Å². The third-order valence-corrected chi connectivity index (χ3v) is 12.5. The Morgan fingerprint density at radius 2 is 1.89 bits per heavy atom. The third kappa shape index (κ3) is 7.31. The highest BCUT2D eigenvalue weighted by atomic mass is 16.5. The van der Waals surface area contributed by atoms with Crippen LogP contribution in [0.1, 0.15) is 90.4 Å². The van der Waals surface area contributed by atoms with E-state index in [9.17, 15) is 9.90 Å². The molecule has 8 unspecified atom stereocenters. The first-order valence-corrected chi connectivity index (χ1v) is 18.1. The molecule has 3 saturated carbocycles. The highest BCUT2D eigenvalue weighted by molar-refractivity contribution is 5.82. The number of rotatable bonds is 10. The van der Waals surface area contributed by atoms with Crippen molar-refractivity contribution in [3.05, 3.63) is 0 Å². The Hall–Kier alpha value is -0.890. The normalized spacial score (nSPS) is 41.8. The average Bonchev–Trinajstić information content (AvgIpc) is 3.43. The Kier molecular flexibility index (Phi) is 10.1. The number of amides is 1. The van der Waals surface area contributed by atoms with Gasteiger partial charge in [0.05, 0.1) is 43.9 Å². The molecule has 0 aromatic carbocycles. The molecule has 4 aliphatic heterocycles. The van der Waals surface area contributed by atoms with E-state index in [1.807, 2.05) is 0 Å². The summed E-state index contributed by atoms with van der Waals surface area (Å²) in [6.07, 6.45) is 15.4. The van der Waals surface area contributed by atoms with Crippen LogP contribution in [-0.4, -0.2) is 110 Å². The van der Waals surface area contributed by atoms with Crippen LogP contribution in [-0.2, 0) is 14.3 Å². The van der Waals surface area contributed by atoms with Crippen LogP contribution in [0.25, 0.3) is 0 Å². The Balaban J connectivity index is 0.861. The average molecular weight is 618 g/mol. The second-order valence-corrected chi connectivity index (χ2v) is 15.5. The van der Waals surface area contributed by atoms with Crippen LogP contribution in [0, 0.1) is 17.3 Å². The lowest BCUT2D eigenvalue weighted by Gasteiger charge is -2.56. The highest BCUT2D eigenvalue weighted by Crippen LogP contribution is 2.55. The predicted molar refractivity (Wildman–Crippen MR) is 168 cm³/mol. The molecule has 0 radical (unpaired) electrons. The molecule has 0 aromatic rings. The van der Waals surface area contributed by atoms with Crippen LogP contribution < -0.4 is 31.9 Å². The number of likely N-dealkylation sites (tertiary alicyclic amines) is 1. The summed E-state index contributed by atoms with van der Waals surface area (Å²) in [5.74, 6) is 1.19. The Morgan fingerprint density at radius 3 is 2.64 bits per heavy atom. The van der Waals surface area contributed by atoms with Gasteiger partial charge in [0.2, 0.25) is 5.91 Å². The molecule has 0 bridgehead atoms. The number of ether oxygens (including phenoxy) is 2. The van der Waals surface area contributed by atoms with E-state index in [1.54, 1.807) is 0 Å². The SMILES string of the molecule is CC1NCOC1COC1CCC2C[C@@H]([C@H](O)CNC(=O)C3CC(NC4CC5(CCC5)C4)NC(N4CCCCC4)N3)NCC2C1. The fraction of sp³-hybridized carbons (Fsp3) is 0.970. The number of carbonyl (C=O) groups is 1. The summed E-state index contributed by atoms with van der Waals surface area (Å²) in [6, 6.07) is 0.639. The number of hydrogen-bond donors (Lipinski definition) is 7.